The predicted octanol–water partition coefficient (Wildman–Crippen LogP) is 5.84. The molecule has 2 nitrogen and oxygen atoms in total. The van der Waals surface area contributed by atoms with Gasteiger partial charge in [0.1, 0.15) is 11.6 Å². The number of terminal acetylenes is 1. The van der Waals surface area contributed by atoms with Gasteiger partial charge in [0.2, 0.25) is 0 Å². The van der Waals surface area contributed by atoms with Crippen LogP contribution in [-0.4, -0.2) is 11.4 Å². The summed E-state index contributed by atoms with van der Waals surface area (Å²) in [4.78, 5) is 11.4. The fourth-order valence-corrected chi connectivity index (χ4v) is 3.41. The summed E-state index contributed by atoms with van der Waals surface area (Å²) in [6, 6.07) is 11.7. The maximum absolute atomic E-state index is 14.8. The normalized spacial score (nSPS) is 11.3. The molecule has 0 spiro atoms. The first kappa shape index (κ1) is 18.2. The van der Waals surface area contributed by atoms with Crippen molar-refractivity contribution in [2.45, 2.75) is 19.3 Å². The van der Waals surface area contributed by atoms with Gasteiger partial charge in [-0.1, -0.05) is 40.0 Å². The van der Waals surface area contributed by atoms with Crippen LogP contribution >= 0.6 is 15.9 Å². The van der Waals surface area contributed by atoms with Crippen molar-refractivity contribution in [2.24, 2.45) is 0 Å². The van der Waals surface area contributed by atoms with Gasteiger partial charge in [-0.3, -0.25) is 4.79 Å². The number of benzene rings is 3. The Kier molecular flexibility index (Phi) is 4.60. The Labute approximate surface area is 159 Å². The van der Waals surface area contributed by atoms with E-state index in [1.54, 1.807) is 36.4 Å². The van der Waals surface area contributed by atoms with Crippen molar-refractivity contribution in [3.63, 3.8) is 0 Å². The van der Waals surface area contributed by atoms with Gasteiger partial charge < -0.3 is 5.11 Å². The van der Waals surface area contributed by atoms with E-state index in [4.69, 9.17) is 6.42 Å². The van der Waals surface area contributed by atoms with Gasteiger partial charge in [-0.25, -0.2) is 4.39 Å². The van der Waals surface area contributed by atoms with Gasteiger partial charge >= 0.3 is 0 Å². The first-order chi connectivity index (χ1) is 12.3. The summed E-state index contributed by atoms with van der Waals surface area (Å²) in [6.45, 7) is 3.67. The van der Waals surface area contributed by atoms with Crippen LogP contribution < -0.4 is 0 Å². The molecule has 0 bridgehead atoms. The van der Waals surface area contributed by atoms with Crippen molar-refractivity contribution < 1.29 is 14.3 Å². The summed E-state index contributed by atoms with van der Waals surface area (Å²) < 4.78 is 15.4. The van der Waals surface area contributed by atoms with Crippen molar-refractivity contribution in [2.75, 3.05) is 0 Å². The minimum atomic E-state index is -0.627. The third kappa shape index (κ3) is 2.89. The van der Waals surface area contributed by atoms with Crippen LogP contribution in [0.1, 0.15) is 29.8 Å². The van der Waals surface area contributed by atoms with E-state index >= 15 is 0 Å². The fraction of sp³-hybridized carbons (Fsp3) is 0.136. The number of carbonyl (C=O) groups is 1. The molecule has 3 aromatic rings. The second-order valence-electron chi connectivity index (χ2n) is 6.61. The molecule has 0 fully saturated rings. The zero-order valence-electron chi connectivity index (χ0n) is 14.3. The van der Waals surface area contributed by atoms with Gasteiger partial charge in [-0.2, -0.15) is 0 Å². The van der Waals surface area contributed by atoms with Gasteiger partial charge in [0.05, 0.1) is 10.8 Å². The van der Waals surface area contributed by atoms with Gasteiger partial charge in [-0.15, -0.1) is 6.42 Å². The summed E-state index contributed by atoms with van der Waals surface area (Å²) in [5, 5.41) is 11.4. The molecule has 0 aliphatic carbocycles. The molecule has 0 aliphatic rings. The van der Waals surface area contributed by atoms with Crippen molar-refractivity contribution in [3.8, 4) is 29.2 Å². The van der Waals surface area contributed by atoms with E-state index in [0.29, 0.717) is 38.4 Å². The van der Waals surface area contributed by atoms with Crippen LogP contribution in [0.3, 0.4) is 0 Å². The Hall–Kier alpha value is -2.64. The monoisotopic (exact) mass is 410 g/mol. The van der Waals surface area contributed by atoms with Crippen LogP contribution in [0.4, 0.5) is 4.39 Å². The van der Waals surface area contributed by atoms with Crippen LogP contribution in [-0.2, 0) is 5.41 Å². The molecule has 0 aromatic heterocycles. The Bertz CT molecular complexity index is 1080. The molecule has 0 heterocycles. The standard InChI is InChI=1S/C22H16BrFO2/c1-4-22(2,3)14-10-13-8-9-16(21(26)20(13)19(24)11-14)15-6-5-7-18(23)17(15)12-25/h1,5-12,26H,2-3H3. The third-order valence-corrected chi connectivity index (χ3v) is 5.28. The number of fused-ring (bicyclic) bond motifs is 1. The average molecular weight is 411 g/mol. The lowest BCUT2D eigenvalue weighted by Gasteiger charge is -2.20. The quantitative estimate of drug-likeness (QED) is 0.435. The second kappa shape index (κ2) is 6.59. The number of phenolic OH excluding ortho intramolecular Hbond substituents is 1. The second-order valence-corrected chi connectivity index (χ2v) is 7.46. The summed E-state index contributed by atoms with van der Waals surface area (Å²) in [7, 11) is 0. The molecule has 0 aliphatic heterocycles. The number of hydrogen-bond acceptors (Lipinski definition) is 2. The maximum Gasteiger partial charge on any atom is 0.151 e. The number of aromatic hydroxyl groups is 1. The predicted molar refractivity (Wildman–Crippen MR) is 106 cm³/mol. The summed E-state index contributed by atoms with van der Waals surface area (Å²) in [5.41, 5.74) is 1.35. The lowest BCUT2D eigenvalue weighted by Crippen LogP contribution is -2.14. The summed E-state index contributed by atoms with van der Waals surface area (Å²) in [5.74, 6) is 1.89. The minimum absolute atomic E-state index is 0.107. The lowest BCUT2D eigenvalue weighted by molar-refractivity contribution is 0.112. The molecule has 4 heteroatoms. The fourth-order valence-electron chi connectivity index (χ4n) is 2.95. The lowest BCUT2D eigenvalue weighted by atomic mass is 9.84. The van der Waals surface area contributed by atoms with Crippen LogP contribution in [0.5, 0.6) is 5.75 Å². The van der Waals surface area contributed by atoms with E-state index in [1.807, 2.05) is 13.8 Å². The number of hydrogen-bond donors (Lipinski definition) is 1. The zero-order chi connectivity index (χ0) is 19.1. The van der Waals surface area contributed by atoms with Gasteiger partial charge in [0, 0.05) is 15.6 Å². The highest BCUT2D eigenvalue weighted by molar-refractivity contribution is 9.10. The molecule has 3 rings (SSSR count). The zero-order valence-corrected chi connectivity index (χ0v) is 15.9. The molecule has 0 amide bonds. The van der Waals surface area contributed by atoms with Gasteiger partial charge in [0.25, 0.3) is 0 Å². The highest BCUT2D eigenvalue weighted by atomic mass is 79.9. The Morgan fingerprint density at radius 3 is 2.58 bits per heavy atom. The molecular weight excluding hydrogens is 395 g/mol. The number of phenols is 1. The van der Waals surface area contributed by atoms with Crippen molar-refractivity contribution in [3.05, 3.63) is 63.9 Å². The van der Waals surface area contributed by atoms with E-state index in [-0.39, 0.29) is 11.1 Å². The molecule has 130 valence electrons. The molecule has 0 saturated carbocycles. The SMILES string of the molecule is C#CC(C)(C)c1cc(F)c2c(O)c(-c3cccc(Br)c3C=O)ccc2c1. The highest BCUT2D eigenvalue weighted by Crippen LogP contribution is 2.41. The Morgan fingerprint density at radius 2 is 1.92 bits per heavy atom. The summed E-state index contributed by atoms with van der Waals surface area (Å²) >= 11 is 3.33. The molecule has 0 unspecified atom stereocenters. The Morgan fingerprint density at radius 1 is 1.19 bits per heavy atom. The first-order valence-corrected chi connectivity index (χ1v) is 8.77. The molecule has 0 radical (unpaired) electrons. The van der Waals surface area contributed by atoms with Gasteiger partial charge in [0.15, 0.2) is 6.29 Å². The molecule has 3 aromatic carbocycles. The van der Waals surface area contributed by atoms with E-state index < -0.39 is 11.2 Å². The topological polar surface area (TPSA) is 37.3 Å². The van der Waals surface area contributed by atoms with Crippen LogP contribution in [0.25, 0.3) is 21.9 Å². The molecular formula is C22H16BrFO2. The van der Waals surface area contributed by atoms with Crippen molar-refractivity contribution >= 4 is 33.0 Å². The summed E-state index contributed by atoms with van der Waals surface area (Å²) in [6.07, 6.45) is 6.26. The van der Waals surface area contributed by atoms with Gasteiger partial charge in [-0.05, 0) is 54.6 Å². The number of aldehydes is 1. The maximum atomic E-state index is 14.8. The molecule has 0 saturated heterocycles. The van der Waals surface area contributed by atoms with E-state index in [2.05, 4.69) is 21.9 Å². The van der Waals surface area contributed by atoms with Crippen LogP contribution in [0.15, 0.2) is 46.9 Å². The van der Waals surface area contributed by atoms with Crippen LogP contribution in [0, 0.1) is 18.2 Å². The largest absolute Gasteiger partial charge is 0.507 e. The smallest absolute Gasteiger partial charge is 0.151 e. The van der Waals surface area contributed by atoms with Crippen LogP contribution in [0.2, 0.25) is 0 Å². The minimum Gasteiger partial charge on any atom is -0.507 e. The highest BCUT2D eigenvalue weighted by Gasteiger charge is 2.22. The van der Waals surface area contributed by atoms with Crippen molar-refractivity contribution in [1.29, 1.82) is 0 Å². The average Bonchev–Trinajstić information content (AvgIpc) is 2.61. The Balaban J connectivity index is 2.31. The molecule has 26 heavy (non-hydrogen) atoms. The number of carbonyl (C=O) groups excluding carboxylic acids is 1. The van der Waals surface area contributed by atoms with E-state index in [0.717, 1.165) is 0 Å². The van der Waals surface area contributed by atoms with Crippen molar-refractivity contribution in [1.82, 2.24) is 0 Å². The third-order valence-electron chi connectivity index (χ3n) is 4.59. The molecule has 1 N–H and O–H groups in total. The van der Waals surface area contributed by atoms with E-state index in [9.17, 15) is 14.3 Å². The number of halogens is 2. The number of rotatable bonds is 3. The van der Waals surface area contributed by atoms with E-state index in [1.165, 1.54) is 6.07 Å². The molecule has 0 atom stereocenters. The first-order valence-electron chi connectivity index (χ1n) is 7.97.